The minimum absolute atomic E-state index is 0.00808. The first kappa shape index (κ1) is 18.3. The van der Waals surface area contributed by atoms with Crippen molar-refractivity contribution in [1.29, 1.82) is 0 Å². The second-order valence-corrected chi connectivity index (χ2v) is 5.39. The Balaban J connectivity index is 2.79. The van der Waals surface area contributed by atoms with E-state index in [2.05, 4.69) is 0 Å². The number of hydrogen-bond acceptors (Lipinski definition) is 6. The highest BCUT2D eigenvalue weighted by molar-refractivity contribution is 6.09. The summed E-state index contributed by atoms with van der Waals surface area (Å²) in [5.74, 6) is -1.19. The monoisotopic (exact) mass is 312 g/mol. The molecule has 0 unspecified atom stereocenters. The molecule has 0 N–H and O–H groups in total. The summed E-state index contributed by atoms with van der Waals surface area (Å²) in [5.41, 5.74) is -1.22. The minimum Gasteiger partial charge on any atom is -0.466 e. The first-order chi connectivity index (χ1) is 10.5. The van der Waals surface area contributed by atoms with Gasteiger partial charge in [0.25, 0.3) is 0 Å². The van der Waals surface area contributed by atoms with Crippen LogP contribution < -0.4 is 0 Å². The van der Waals surface area contributed by atoms with Crippen molar-refractivity contribution in [2.24, 2.45) is 5.41 Å². The van der Waals surface area contributed by atoms with Crippen LogP contribution in [-0.2, 0) is 28.7 Å². The summed E-state index contributed by atoms with van der Waals surface area (Å²) in [5, 5.41) is 0. The molecule has 22 heavy (non-hydrogen) atoms. The molecule has 1 fully saturated rings. The van der Waals surface area contributed by atoms with Gasteiger partial charge in [-0.3, -0.25) is 19.2 Å². The summed E-state index contributed by atoms with van der Waals surface area (Å²) in [6.07, 6.45) is 1.42. The van der Waals surface area contributed by atoms with Crippen molar-refractivity contribution < 1.29 is 28.7 Å². The lowest BCUT2D eigenvalue weighted by molar-refractivity contribution is -0.149. The molecule has 0 bridgehead atoms. The molecule has 124 valence electrons. The summed E-state index contributed by atoms with van der Waals surface area (Å²) in [6.45, 7) is 3.92. The Labute approximate surface area is 130 Å². The molecule has 0 aromatic rings. The van der Waals surface area contributed by atoms with E-state index in [-0.39, 0.29) is 50.5 Å². The van der Waals surface area contributed by atoms with Crippen molar-refractivity contribution in [3.63, 3.8) is 0 Å². The Bertz CT molecular complexity index is 400. The molecular formula is C16H24O6. The fourth-order valence-electron chi connectivity index (χ4n) is 2.82. The predicted molar refractivity (Wildman–Crippen MR) is 78.0 cm³/mol. The third-order valence-electron chi connectivity index (χ3n) is 4.00. The molecule has 0 aliphatic heterocycles. The van der Waals surface area contributed by atoms with Crippen molar-refractivity contribution >= 4 is 23.5 Å². The Morgan fingerprint density at radius 3 is 1.68 bits per heavy atom. The number of esters is 2. The van der Waals surface area contributed by atoms with Crippen LogP contribution in [0.15, 0.2) is 0 Å². The van der Waals surface area contributed by atoms with Gasteiger partial charge in [0.15, 0.2) is 0 Å². The van der Waals surface area contributed by atoms with Crippen LogP contribution >= 0.6 is 0 Å². The molecule has 0 amide bonds. The van der Waals surface area contributed by atoms with E-state index in [1.165, 1.54) is 0 Å². The molecule has 0 atom stereocenters. The van der Waals surface area contributed by atoms with Crippen LogP contribution in [0, 0.1) is 5.41 Å². The van der Waals surface area contributed by atoms with Crippen LogP contribution in [0.4, 0.5) is 0 Å². The molecule has 1 aliphatic rings. The lowest BCUT2D eigenvalue weighted by Crippen LogP contribution is -2.43. The first-order valence-corrected chi connectivity index (χ1v) is 7.84. The molecule has 0 aromatic heterocycles. The zero-order valence-electron chi connectivity index (χ0n) is 13.3. The second kappa shape index (κ2) is 8.66. The van der Waals surface area contributed by atoms with Gasteiger partial charge in [-0.25, -0.2) is 0 Å². The van der Waals surface area contributed by atoms with Gasteiger partial charge >= 0.3 is 11.9 Å². The van der Waals surface area contributed by atoms with E-state index >= 15 is 0 Å². The Kier molecular flexibility index (Phi) is 7.21. The van der Waals surface area contributed by atoms with E-state index in [1.807, 2.05) is 0 Å². The lowest BCUT2D eigenvalue weighted by atomic mass is 9.66. The van der Waals surface area contributed by atoms with E-state index in [4.69, 9.17) is 9.47 Å². The van der Waals surface area contributed by atoms with E-state index in [0.717, 1.165) is 0 Å². The number of carbonyl (C=O) groups excluding carboxylic acids is 4. The van der Waals surface area contributed by atoms with Crippen LogP contribution in [0.3, 0.4) is 0 Å². The van der Waals surface area contributed by atoms with Gasteiger partial charge in [-0.1, -0.05) is 0 Å². The van der Waals surface area contributed by atoms with Gasteiger partial charge in [-0.2, -0.15) is 0 Å². The third-order valence-corrected chi connectivity index (χ3v) is 4.00. The zero-order chi connectivity index (χ0) is 16.6. The molecule has 0 aromatic carbocycles. The van der Waals surface area contributed by atoms with Crippen molar-refractivity contribution in [2.45, 2.75) is 58.8 Å². The predicted octanol–water partition coefficient (Wildman–Crippen LogP) is 1.98. The van der Waals surface area contributed by atoms with Gasteiger partial charge in [-0.05, 0) is 33.1 Å². The molecule has 6 heteroatoms. The molecule has 0 heterocycles. The smallest absolute Gasteiger partial charge is 0.305 e. The fourth-order valence-corrected chi connectivity index (χ4v) is 2.82. The molecule has 0 saturated heterocycles. The Hall–Kier alpha value is -1.72. The highest BCUT2D eigenvalue weighted by Gasteiger charge is 2.46. The molecule has 1 saturated carbocycles. The standard InChI is InChI=1S/C16H24O6/c1-3-21-14(19)8-10-16(11-9-15(20)22-4-2)12(17)6-5-7-13(16)18/h3-11H2,1-2H3. The zero-order valence-corrected chi connectivity index (χ0v) is 13.3. The summed E-state index contributed by atoms with van der Waals surface area (Å²) in [6, 6.07) is 0. The van der Waals surface area contributed by atoms with E-state index in [0.29, 0.717) is 19.3 Å². The third kappa shape index (κ3) is 4.64. The summed E-state index contributed by atoms with van der Waals surface area (Å²) in [4.78, 5) is 47.8. The summed E-state index contributed by atoms with van der Waals surface area (Å²) >= 11 is 0. The van der Waals surface area contributed by atoms with E-state index in [1.54, 1.807) is 13.8 Å². The van der Waals surface area contributed by atoms with Gasteiger partial charge in [-0.15, -0.1) is 0 Å². The maximum Gasteiger partial charge on any atom is 0.305 e. The van der Waals surface area contributed by atoms with E-state index in [9.17, 15) is 19.2 Å². The van der Waals surface area contributed by atoms with Crippen LogP contribution in [-0.4, -0.2) is 36.7 Å². The van der Waals surface area contributed by atoms with Crippen LogP contribution in [0.1, 0.15) is 58.8 Å². The van der Waals surface area contributed by atoms with Gasteiger partial charge in [0, 0.05) is 25.7 Å². The van der Waals surface area contributed by atoms with Gasteiger partial charge in [0.2, 0.25) is 0 Å². The topological polar surface area (TPSA) is 86.7 Å². The maximum atomic E-state index is 12.3. The molecule has 6 nitrogen and oxygen atoms in total. The Morgan fingerprint density at radius 2 is 1.32 bits per heavy atom. The number of ether oxygens (including phenoxy) is 2. The van der Waals surface area contributed by atoms with Crippen LogP contribution in [0.5, 0.6) is 0 Å². The molecular weight excluding hydrogens is 288 g/mol. The van der Waals surface area contributed by atoms with Crippen molar-refractivity contribution in [1.82, 2.24) is 0 Å². The number of Topliss-reactive ketones (excluding diaryl/α,β-unsaturated/α-hetero) is 2. The van der Waals surface area contributed by atoms with Gasteiger partial charge in [0.1, 0.15) is 11.6 Å². The lowest BCUT2D eigenvalue weighted by Gasteiger charge is -2.33. The largest absolute Gasteiger partial charge is 0.466 e. The van der Waals surface area contributed by atoms with Gasteiger partial charge in [0.05, 0.1) is 18.6 Å². The molecule has 0 spiro atoms. The highest BCUT2D eigenvalue weighted by atomic mass is 16.5. The summed E-state index contributed by atoms with van der Waals surface area (Å²) in [7, 11) is 0. The molecule has 1 aliphatic carbocycles. The Morgan fingerprint density at radius 1 is 0.909 bits per heavy atom. The molecule has 1 rings (SSSR count). The van der Waals surface area contributed by atoms with Crippen LogP contribution in [0.25, 0.3) is 0 Å². The SMILES string of the molecule is CCOC(=O)CCC1(CCC(=O)OCC)C(=O)CCCC1=O. The minimum atomic E-state index is -1.22. The molecule has 0 radical (unpaired) electrons. The first-order valence-electron chi connectivity index (χ1n) is 7.84. The van der Waals surface area contributed by atoms with E-state index < -0.39 is 17.4 Å². The van der Waals surface area contributed by atoms with Crippen LogP contribution in [0.2, 0.25) is 0 Å². The number of hydrogen-bond donors (Lipinski definition) is 0. The average molecular weight is 312 g/mol. The maximum absolute atomic E-state index is 12.3. The average Bonchev–Trinajstić information content (AvgIpc) is 2.47. The van der Waals surface area contributed by atoms with Crippen molar-refractivity contribution in [3.8, 4) is 0 Å². The fraction of sp³-hybridized carbons (Fsp3) is 0.750. The quantitative estimate of drug-likeness (QED) is 0.503. The summed E-state index contributed by atoms with van der Waals surface area (Å²) < 4.78 is 9.72. The van der Waals surface area contributed by atoms with Gasteiger partial charge < -0.3 is 9.47 Å². The normalized spacial score (nSPS) is 17.2. The van der Waals surface area contributed by atoms with Crippen molar-refractivity contribution in [2.75, 3.05) is 13.2 Å². The second-order valence-electron chi connectivity index (χ2n) is 5.39. The number of rotatable bonds is 8. The number of ketones is 2. The highest BCUT2D eigenvalue weighted by Crippen LogP contribution is 2.39. The number of carbonyl (C=O) groups is 4. The van der Waals surface area contributed by atoms with Crippen molar-refractivity contribution in [3.05, 3.63) is 0 Å².